The van der Waals surface area contributed by atoms with Crippen LogP contribution in [-0.2, 0) is 24.8 Å². The number of halogens is 12. The van der Waals surface area contributed by atoms with E-state index in [0.29, 0.717) is 7.11 Å². The van der Waals surface area contributed by atoms with Crippen LogP contribution in [0.25, 0.3) is 89.7 Å². The van der Waals surface area contributed by atoms with Crippen molar-refractivity contribution >= 4 is 44.1 Å². The zero-order chi connectivity index (χ0) is 41.3. The van der Waals surface area contributed by atoms with E-state index in [1.165, 1.54) is 72.8 Å². The summed E-state index contributed by atoms with van der Waals surface area (Å²) >= 11 is 0. The van der Waals surface area contributed by atoms with E-state index in [1.807, 2.05) is 0 Å². The molecule has 8 bridgehead atoms. The molecule has 1 N–H and O–H groups in total. The Labute approximate surface area is 313 Å². The van der Waals surface area contributed by atoms with E-state index in [1.54, 1.807) is 0 Å². The molecule has 4 aromatic carbocycles. The van der Waals surface area contributed by atoms with Gasteiger partial charge in [-0.15, -0.1) is 13.2 Å². The van der Waals surface area contributed by atoms with Crippen LogP contribution >= 0.6 is 0 Å². The Bertz CT molecular complexity index is 3070. The van der Waals surface area contributed by atoms with Crippen LogP contribution < -0.4 is 4.74 Å². The molecule has 5 heterocycles. The molecule has 0 saturated heterocycles. The maximum atomic E-state index is 15.2. The minimum atomic E-state index is -6.27. The van der Waals surface area contributed by atoms with Crippen LogP contribution in [0.3, 0.4) is 0 Å². The number of hydrogen-bond acceptors (Lipinski definition) is 7. The first kappa shape index (κ1) is 36.8. The first-order chi connectivity index (χ1) is 27.3. The highest BCUT2D eigenvalue weighted by atomic mass is 19.4. The van der Waals surface area contributed by atoms with Crippen molar-refractivity contribution < 1.29 is 57.4 Å². The van der Waals surface area contributed by atoms with Crippen LogP contribution in [0.4, 0.5) is 52.7 Å². The van der Waals surface area contributed by atoms with E-state index in [4.69, 9.17) is 4.74 Å². The van der Waals surface area contributed by atoms with Gasteiger partial charge in [0.05, 0.1) is 23.6 Å². The average Bonchev–Trinajstić information content (AvgIpc) is 3.87. The number of nitrogens with zero attached hydrogens (tertiary/aromatic N) is 7. The molecule has 2 aliphatic rings. The Hall–Kier alpha value is -6.80. The maximum absolute atomic E-state index is 15.2. The number of ether oxygens (including phenoxy) is 1. The summed E-state index contributed by atoms with van der Waals surface area (Å²) in [5.74, 6) is -3.63. The molecule has 0 saturated carbocycles. The van der Waals surface area contributed by atoms with E-state index in [-0.39, 0.29) is 37.6 Å². The lowest BCUT2D eigenvalue weighted by molar-refractivity contribution is -0.198. The zero-order valence-corrected chi connectivity index (χ0v) is 28.5. The number of benzene rings is 4. The van der Waals surface area contributed by atoms with Crippen molar-refractivity contribution in [3.63, 3.8) is 0 Å². The van der Waals surface area contributed by atoms with Crippen molar-refractivity contribution in [2.75, 3.05) is 7.11 Å². The highest BCUT2D eigenvalue weighted by Gasteiger charge is 2.54. The molecule has 0 unspecified atom stereocenters. The van der Waals surface area contributed by atoms with Crippen molar-refractivity contribution in [1.29, 1.82) is 0 Å². The molecule has 3 aromatic heterocycles. The van der Waals surface area contributed by atoms with Crippen molar-refractivity contribution in [2.45, 2.75) is 24.8 Å². The summed E-state index contributed by atoms with van der Waals surface area (Å²) in [5.41, 5.74) is -12.1. The predicted molar refractivity (Wildman–Crippen MR) is 183 cm³/mol. The van der Waals surface area contributed by atoms with Gasteiger partial charge in [0.25, 0.3) is 0 Å². The first-order valence-corrected chi connectivity index (χ1v) is 16.5. The molecule has 0 fully saturated rings. The van der Waals surface area contributed by atoms with Crippen molar-refractivity contribution in [3.8, 4) is 51.3 Å². The number of nitrogens with one attached hydrogen (secondary N) is 1. The number of aromatic nitrogens is 8. The van der Waals surface area contributed by atoms with Gasteiger partial charge in [-0.1, -0.05) is 72.8 Å². The lowest BCUT2D eigenvalue weighted by Gasteiger charge is -2.24. The third-order valence-corrected chi connectivity index (χ3v) is 9.41. The third-order valence-electron chi connectivity index (χ3n) is 9.41. The second-order valence-corrected chi connectivity index (χ2v) is 12.8. The number of methoxy groups -OCH3 is 1. The highest BCUT2D eigenvalue weighted by Crippen LogP contribution is 2.55. The van der Waals surface area contributed by atoms with Crippen molar-refractivity contribution in [2.24, 2.45) is 0 Å². The number of aromatic amines is 1. The number of fused-ring (bicyclic) bond motifs is 20. The summed E-state index contributed by atoms with van der Waals surface area (Å²) < 4.78 is 184. The van der Waals surface area contributed by atoms with Crippen LogP contribution in [0.1, 0.15) is 16.7 Å². The summed E-state index contributed by atoms with van der Waals surface area (Å²) in [6.45, 7) is 0. The minimum Gasteiger partial charge on any atom is -0.495 e. The quantitative estimate of drug-likeness (QED) is 0.164. The second kappa shape index (κ2) is 12.1. The standard InChI is InChI=1S/C37H16F12N8O/c1-58-25-21-20(22(34(38,39)40)23(35(41,42)43)24(25)36(44,45)46)30-52-26-14-8-2-4-10-16(14)28(50-26)55-32-18-12-6-7-13-19(18)33(57(32)37(47,48)49)56-29-17-11-5-3-9-15(17)27(51-29)53-31(21)54-30/h2-13H,1H3,(H,50,51,52,53,54,55,56). The second-order valence-electron chi connectivity index (χ2n) is 12.8. The highest BCUT2D eigenvalue weighted by molar-refractivity contribution is 6.12. The molecule has 294 valence electrons. The monoisotopic (exact) mass is 816 g/mol. The minimum absolute atomic E-state index is 0.000659. The number of rotatable bonds is 1. The molecule has 58 heavy (non-hydrogen) atoms. The number of alkyl halides is 12. The van der Waals surface area contributed by atoms with E-state index in [9.17, 15) is 26.3 Å². The Morgan fingerprint density at radius 3 is 1.22 bits per heavy atom. The lowest BCUT2D eigenvalue weighted by Crippen LogP contribution is -2.24. The summed E-state index contributed by atoms with van der Waals surface area (Å²) in [6, 6.07) is 16.7. The zero-order valence-electron chi connectivity index (χ0n) is 28.5. The molecule has 9 rings (SSSR count). The van der Waals surface area contributed by atoms with Crippen LogP contribution in [0.2, 0.25) is 0 Å². The van der Waals surface area contributed by atoms with Crippen molar-refractivity contribution in [3.05, 3.63) is 89.5 Å². The van der Waals surface area contributed by atoms with Crippen LogP contribution in [0.5, 0.6) is 5.75 Å². The normalized spacial score (nSPS) is 13.3. The van der Waals surface area contributed by atoms with Gasteiger partial charge in [0, 0.05) is 38.4 Å². The molecule has 0 spiro atoms. The number of H-pyrrole nitrogens is 1. The molecule has 0 aliphatic carbocycles. The van der Waals surface area contributed by atoms with E-state index in [0.717, 1.165) is 0 Å². The molecular weight excluding hydrogens is 800 g/mol. The summed E-state index contributed by atoms with van der Waals surface area (Å²) in [6.07, 6.45) is -23.7. The predicted octanol–water partition coefficient (Wildman–Crippen LogP) is 10.9. The average molecular weight is 817 g/mol. The first-order valence-electron chi connectivity index (χ1n) is 16.5. The van der Waals surface area contributed by atoms with Crippen LogP contribution in [0.15, 0.2) is 72.8 Å². The van der Waals surface area contributed by atoms with Gasteiger partial charge >= 0.3 is 24.8 Å². The topological polar surface area (TPSA) is 107 Å². The number of hydrogen-bond donors (Lipinski definition) is 1. The van der Waals surface area contributed by atoms with Gasteiger partial charge in [0.2, 0.25) is 0 Å². The lowest BCUT2D eigenvalue weighted by atomic mass is 9.93. The fraction of sp³-hybridized carbons (Fsp3) is 0.135. The smallest absolute Gasteiger partial charge is 0.491 e. The van der Waals surface area contributed by atoms with E-state index >= 15 is 26.3 Å². The molecule has 9 nitrogen and oxygen atoms in total. The molecule has 0 atom stereocenters. The SMILES string of the molecule is COc1c(C(F)(F)F)c(C(F)(F)F)c(C(F)(F)F)c2c3nc4nc(nc5c6ccccc6c(nc6nc(nc([nH]3)c12)-c1ccccc1-6)n5C(F)(F)F)-c1ccccc1-4. The Balaban J connectivity index is 1.62. The van der Waals surface area contributed by atoms with Gasteiger partial charge in [0.1, 0.15) is 22.6 Å². The van der Waals surface area contributed by atoms with Crippen LogP contribution in [0, 0.1) is 0 Å². The van der Waals surface area contributed by atoms with Crippen LogP contribution in [-0.4, -0.2) is 46.6 Å². The Kier molecular flexibility index (Phi) is 7.68. The largest absolute Gasteiger partial charge is 0.495 e. The van der Waals surface area contributed by atoms with Gasteiger partial charge in [-0.25, -0.2) is 34.5 Å². The fourth-order valence-electron chi connectivity index (χ4n) is 7.25. The molecule has 0 amide bonds. The molecule has 7 aromatic rings. The van der Waals surface area contributed by atoms with Gasteiger partial charge in [-0.2, -0.15) is 39.5 Å². The van der Waals surface area contributed by atoms with Gasteiger partial charge in [-0.05, 0) is 0 Å². The molecule has 0 radical (unpaired) electrons. The summed E-state index contributed by atoms with van der Waals surface area (Å²) in [7, 11) is 0.530. The van der Waals surface area contributed by atoms with E-state index in [2.05, 4.69) is 34.9 Å². The third kappa shape index (κ3) is 5.50. The molecule has 21 heteroatoms. The Morgan fingerprint density at radius 2 is 0.845 bits per heavy atom. The summed E-state index contributed by atoms with van der Waals surface area (Å²) in [5, 5.41) is -2.85. The fourth-order valence-corrected chi connectivity index (χ4v) is 7.25. The van der Waals surface area contributed by atoms with Gasteiger partial charge < -0.3 is 9.72 Å². The Morgan fingerprint density at radius 1 is 0.466 bits per heavy atom. The molecule has 2 aliphatic heterocycles. The van der Waals surface area contributed by atoms with E-state index < -0.39 is 104 Å². The van der Waals surface area contributed by atoms with Gasteiger partial charge in [0.15, 0.2) is 34.6 Å². The molecular formula is C37H16F12N8O. The van der Waals surface area contributed by atoms with Crippen molar-refractivity contribution in [1.82, 2.24) is 39.5 Å². The maximum Gasteiger partial charge on any atom is 0.491 e. The summed E-state index contributed by atoms with van der Waals surface area (Å²) in [4.78, 5) is 27.8. The van der Waals surface area contributed by atoms with Gasteiger partial charge in [-0.3, -0.25) is 0 Å².